The Hall–Kier alpha value is -4.45. The molecule has 2 N–H and O–H groups in total. The number of nitrogens with one attached hydrogen (secondary N) is 1. The fraction of sp³-hybridized carbons (Fsp3) is 0.400. The third kappa shape index (κ3) is 5.79. The van der Waals surface area contributed by atoms with E-state index in [0.717, 1.165) is 5.56 Å². The molecule has 3 aromatic rings. The summed E-state index contributed by atoms with van der Waals surface area (Å²) in [6, 6.07) is 9.41. The van der Waals surface area contributed by atoms with Crippen molar-refractivity contribution in [1.82, 2.24) is 24.7 Å². The van der Waals surface area contributed by atoms with Gasteiger partial charge in [-0.3, -0.25) is 23.9 Å². The van der Waals surface area contributed by atoms with Crippen molar-refractivity contribution < 1.29 is 24.3 Å². The maximum atomic E-state index is 13.6. The minimum absolute atomic E-state index is 0.00933. The van der Waals surface area contributed by atoms with Crippen LogP contribution in [0.1, 0.15) is 43.6 Å². The van der Waals surface area contributed by atoms with Gasteiger partial charge in [-0.1, -0.05) is 37.6 Å². The van der Waals surface area contributed by atoms with Crippen LogP contribution in [0.5, 0.6) is 0 Å². The molecule has 0 radical (unpaired) electrons. The number of aromatic nitrogens is 2. The van der Waals surface area contributed by atoms with Gasteiger partial charge in [0.1, 0.15) is 23.3 Å². The number of hydrogen-bond acceptors (Lipinski definition) is 6. The fourth-order valence-corrected chi connectivity index (χ4v) is 5.53. The van der Waals surface area contributed by atoms with E-state index in [-0.39, 0.29) is 48.7 Å². The molecule has 0 atom stereocenters. The minimum atomic E-state index is -1.42. The first kappa shape index (κ1) is 30.0. The molecule has 0 aliphatic carbocycles. The monoisotopic (exact) mass is 608 g/mol. The van der Waals surface area contributed by atoms with Crippen LogP contribution in [-0.2, 0) is 22.7 Å². The van der Waals surface area contributed by atoms with Gasteiger partial charge >= 0.3 is 12.0 Å². The second-order valence-corrected chi connectivity index (χ2v) is 12.7. The quantitative estimate of drug-likeness (QED) is 0.400. The molecular weight excluding hydrogens is 576 g/mol. The molecule has 2 saturated heterocycles. The zero-order chi connectivity index (χ0) is 31.3. The van der Waals surface area contributed by atoms with E-state index in [9.17, 15) is 29.1 Å². The number of carboxylic acids is 1. The van der Waals surface area contributed by atoms with Crippen LogP contribution in [0.25, 0.3) is 11.0 Å². The number of anilines is 1. The van der Waals surface area contributed by atoms with E-state index in [0.29, 0.717) is 29.2 Å². The number of carbonyl (C=O) groups is 4. The lowest BCUT2D eigenvalue weighted by molar-refractivity contribution is -0.147. The Balaban J connectivity index is 1.50. The van der Waals surface area contributed by atoms with Crippen molar-refractivity contribution in [2.24, 2.45) is 5.41 Å². The highest BCUT2D eigenvalue weighted by Gasteiger charge is 2.44. The van der Waals surface area contributed by atoms with Crippen molar-refractivity contribution in [3.63, 3.8) is 0 Å². The second-order valence-electron chi connectivity index (χ2n) is 12.2. The van der Waals surface area contributed by atoms with Crippen molar-refractivity contribution in [1.29, 1.82) is 0 Å². The number of aliphatic carboxylic acids is 1. The van der Waals surface area contributed by atoms with Crippen molar-refractivity contribution in [2.75, 3.05) is 31.1 Å². The average molecular weight is 609 g/mol. The molecule has 0 spiro atoms. The summed E-state index contributed by atoms with van der Waals surface area (Å²) >= 11 is 5.95. The normalized spacial score (nSPS) is 16.4. The van der Waals surface area contributed by atoms with E-state index in [1.54, 1.807) is 35.2 Å². The van der Waals surface area contributed by atoms with Crippen LogP contribution >= 0.6 is 11.6 Å². The Morgan fingerprint density at radius 1 is 1.07 bits per heavy atom. The van der Waals surface area contributed by atoms with Crippen LogP contribution in [0.4, 0.5) is 10.5 Å². The molecule has 13 heteroatoms. The molecule has 0 unspecified atom stereocenters. The summed E-state index contributed by atoms with van der Waals surface area (Å²) in [5, 5.41) is 13.3. The highest BCUT2D eigenvalue weighted by molar-refractivity contribution is 6.30. The number of halogens is 1. The number of rotatable bonds is 8. The average Bonchev–Trinajstić information content (AvgIpc) is 3.34. The number of likely N-dealkylation sites (tertiary alicyclic amines) is 1. The molecule has 12 nitrogen and oxygen atoms in total. The predicted molar refractivity (Wildman–Crippen MR) is 160 cm³/mol. The molecule has 1 aromatic carbocycles. The molecule has 2 aromatic heterocycles. The number of amides is 4. The van der Waals surface area contributed by atoms with E-state index in [4.69, 9.17) is 11.6 Å². The number of nitrogens with zero attached hydrogens (tertiary/aromatic N) is 5. The maximum Gasteiger partial charge on any atom is 0.329 e. The van der Waals surface area contributed by atoms with E-state index >= 15 is 0 Å². The lowest BCUT2D eigenvalue weighted by Gasteiger charge is -2.45. The second kappa shape index (κ2) is 11.0. The number of carboxylic acid groups (broad SMARTS) is 1. The smallest absolute Gasteiger partial charge is 0.329 e. The summed E-state index contributed by atoms with van der Waals surface area (Å²) in [4.78, 5) is 73.8. The van der Waals surface area contributed by atoms with Crippen molar-refractivity contribution in [2.45, 2.75) is 46.3 Å². The number of pyridine rings is 2. The van der Waals surface area contributed by atoms with Gasteiger partial charge in [-0.15, -0.1) is 0 Å². The molecule has 5 rings (SSSR count). The first-order valence-corrected chi connectivity index (χ1v) is 14.2. The van der Waals surface area contributed by atoms with Crippen LogP contribution in [0, 0.1) is 5.41 Å². The van der Waals surface area contributed by atoms with Crippen molar-refractivity contribution >= 4 is 52.1 Å². The summed E-state index contributed by atoms with van der Waals surface area (Å²) in [6.45, 7) is 8.36. The summed E-state index contributed by atoms with van der Waals surface area (Å²) in [5.41, 5.74) is -0.942. The third-order valence-electron chi connectivity index (χ3n) is 7.93. The number of urea groups is 1. The SMILES string of the molecule is CC1(C)CN(C(=O)Cn2c(=O)c(C(=O)NCc3ccc(Cl)cc3)cc3cc(N4CCN(C(C)(C)C(=O)O)C4=O)cnc32)C1. The Bertz CT molecular complexity index is 1690. The van der Waals surface area contributed by atoms with Gasteiger partial charge in [-0.25, -0.2) is 14.6 Å². The summed E-state index contributed by atoms with van der Waals surface area (Å²) in [6.07, 6.45) is 1.41. The highest BCUT2D eigenvalue weighted by Crippen LogP contribution is 2.30. The van der Waals surface area contributed by atoms with Gasteiger partial charge in [0, 0.05) is 43.1 Å². The van der Waals surface area contributed by atoms with Gasteiger partial charge in [0.2, 0.25) is 5.91 Å². The van der Waals surface area contributed by atoms with Crippen LogP contribution in [0.2, 0.25) is 5.02 Å². The molecule has 2 aliphatic rings. The standard InChI is InChI=1S/C30H33ClN6O6/c1-29(2)16-34(17-29)23(38)15-36-24-19(12-22(26(36)40)25(39)33-13-18-5-7-20(31)8-6-18)11-21(14-32-24)35-9-10-37(28(35)43)30(3,4)27(41)42/h5-8,11-12,14H,9-10,13,15-17H2,1-4H3,(H,33,39)(H,41,42). The number of fused-ring (bicyclic) bond motifs is 1. The first-order valence-electron chi connectivity index (χ1n) is 13.8. The minimum Gasteiger partial charge on any atom is -0.480 e. The maximum absolute atomic E-state index is 13.6. The summed E-state index contributed by atoms with van der Waals surface area (Å²) < 4.78 is 1.19. The first-order chi connectivity index (χ1) is 20.2. The zero-order valence-electron chi connectivity index (χ0n) is 24.4. The number of hydrogen-bond donors (Lipinski definition) is 2. The molecule has 4 amide bonds. The Labute approximate surface area is 252 Å². The summed E-state index contributed by atoms with van der Waals surface area (Å²) in [7, 11) is 0. The van der Waals surface area contributed by atoms with E-state index in [1.165, 1.54) is 40.5 Å². The Morgan fingerprint density at radius 2 is 1.74 bits per heavy atom. The third-order valence-corrected chi connectivity index (χ3v) is 8.18. The molecule has 4 heterocycles. The Kier molecular flexibility index (Phi) is 7.68. The lowest BCUT2D eigenvalue weighted by atomic mass is 9.84. The van der Waals surface area contributed by atoms with Crippen molar-refractivity contribution in [3.8, 4) is 0 Å². The topological polar surface area (TPSA) is 145 Å². The molecule has 2 fully saturated rings. The van der Waals surface area contributed by atoms with Gasteiger partial charge in [-0.2, -0.15) is 0 Å². The fourth-order valence-electron chi connectivity index (χ4n) is 5.40. The molecule has 226 valence electrons. The van der Waals surface area contributed by atoms with Crippen LogP contribution in [0.15, 0.2) is 47.4 Å². The van der Waals surface area contributed by atoms with Gasteiger partial charge in [-0.05, 0) is 49.1 Å². The molecule has 2 aliphatic heterocycles. The van der Waals surface area contributed by atoms with Gasteiger partial charge in [0.05, 0.1) is 11.9 Å². The zero-order valence-corrected chi connectivity index (χ0v) is 25.1. The molecule has 0 bridgehead atoms. The lowest BCUT2D eigenvalue weighted by Crippen LogP contribution is -2.56. The van der Waals surface area contributed by atoms with Gasteiger partial charge in [0.15, 0.2) is 0 Å². The Morgan fingerprint density at radius 3 is 2.37 bits per heavy atom. The van der Waals surface area contributed by atoms with Gasteiger partial charge in [0.25, 0.3) is 11.5 Å². The van der Waals surface area contributed by atoms with Crippen molar-refractivity contribution in [3.05, 3.63) is 69.1 Å². The largest absolute Gasteiger partial charge is 0.480 e. The summed E-state index contributed by atoms with van der Waals surface area (Å²) in [5.74, 6) is -2.04. The highest BCUT2D eigenvalue weighted by atomic mass is 35.5. The van der Waals surface area contributed by atoms with E-state index in [2.05, 4.69) is 10.3 Å². The molecule has 0 saturated carbocycles. The predicted octanol–water partition coefficient (Wildman–Crippen LogP) is 2.95. The molecular formula is C30H33ClN6O6. The molecule has 43 heavy (non-hydrogen) atoms. The van der Waals surface area contributed by atoms with E-state index < -0.39 is 29.0 Å². The van der Waals surface area contributed by atoms with Gasteiger partial charge < -0.3 is 20.2 Å². The van der Waals surface area contributed by atoms with Crippen LogP contribution < -0.4 is 15.8 Å². The number of carbonyl (C=O) groups excluding carboxylic acids is 3. The van der Waals surface area contributed by atoms with Crippen LogP contribution in [0.3, 0.4) is 0 Å². The van der Waals surface area contributed by atoms with Crippen LogP contribution in [-0.4, -0.2) is 80.0 Å². The number of benzene rings is 1. The van der Waals surface area contributed by atoms with E-state index in [1.807, 2.05) is 13.8 Å².